The number of nitrogens with one attached hydrogen (secondary N) is 2. The minimum absolute atomic E-state index is 0.112. The minimum atomic E-state index is -4.47. The summed E-state index contributed by atoms with van der Waals surface area (Å²) in [5, 5.41) is 5.41. The molecule has 2 N–H and O–H groups in total. The van der Waals surface area contributed by atoms with Crippen LogP contribution in [0.3, 0.4) is 0 Å². The number of carbonyl (C=O) groups is 2. The van der Waals surface area contributed by atoms with Gasteiger partial charge in [0.05, 0.1) is 16.2 Å². The Morgan fingerprint density at radius 1 is 1.27 bits per heavy atom. The lowest BCUT2D eigenvalue weighted by Crippen LogP contribution is -2.38. The van der Waals surface area contributed by atoms with Crippen LogP contribution < -0.4 is 10.6 Å². The fourth-order valence-corrected chi connectivity index (χ4v) is 5.00. The molecule has 4 nitrogen and oxygen atoms in total. The van der Waals surface area contributed by atoms with Crippen molar-refractivity contribution in [2.24, 2.45) is 11.8 Å². The van der Waals surface area contributed by atoms with Gasteiger partial charge in [-0.3, -0.25) is 9.59 Å². The third-order valence-electron chi connectivity index (χ3n) is 5.33. The second kappa shape index (κ2) is 6.33. The van der Waals surface area contributed by atoms with Crippen LogP contribution in [0.15, 0.2) is 34.1 Å². The second-order valence-electron chi connectivity index (χ2n) is 7.06. The first-order valence-corrected chi connectivity index (χ1v) is 9.34. The number of alkyl halides is 3. The molecule has 0 radical (unpaired) electrons. The summed E-state index contributed by atoms with van der Waals surface area (Å²) in [6.07, 6.45) is 1.28. The molecule has 26 heavy (non-hydrogen) atoms. The largest absolute Gasteiger partial charge is 0.416 e. The number of amides is 2. The van der Waals surface area contributed by atoms with Gasteiger partial charge in [0.25, 0.3) is 5.91 Å². The van der Waals surface area contributed by atoms with E-state index in [-0.39, 0.29) is 22.5 Å². The summed E-state index contributed by atoms with van der Waals surface area (Å²) >= 11 is 1.01. The molecule has 1 heterocycles. The van der Waals surface area contributed by atoms with Crippen molar-refractivity contribution in [2.75, 3.05) is 5.32 Å². The van der Waals surface area contributed by atoms with Crippen LogP contribution in [0.2, 0.25) is 0 Å². The lowest BCUT2D eigenvalue weighted by molar-refractivity contribution is -0.137. The smallest absolute Gasteiger partial charge is 0.349 e. The van der Waals surface area contributed by atoms with Crippen LogP contribution >= 0.6 is 11.8 Å². The molecule has 1 aliphatic heterocycles. The molecule has 2 fully saturated rings. The SMILES string of the molecule is O=C(/C=C1/Sc2ccc(C(F)(F)F)cc2NC1=O)N[C@H]1C[C@H]2CC[C@H]1C2. The van der Waals surface area contributed by atoms with Crippen molar-refractivity contribution in [3.8, 4) is 0 Å². The summed E-state index contributed by atoms with van der Waals surface area (Å²) in [5.41, 5.74) is -0.709. The van der Waals surface area contributed by atoms with Crippen LogP contribution in [0.5, 0.6) is 0 Å². The number of carbonyl (C=O) groups excluding carboxylic acids is 2. The average Bonchev–Trinajstić information content (AvgIpc) is 3.17. The fraction of sp³-hybridized carbons (Fsp3) is 0.444. The van der Waals surface area contributed by atoms with E-state index in [4.69, 9.17) is 0 Å². The molecule has 0 aromatic heterocycles. The van der Waals surface area contributed by atoms with Gasteiger partial charge in [-0.15, -0.1) is 0 Å². The maximum Gasteiger partial charge on any atom is 0.416 e. The predicted molar refractivity (Wildman–Crippen MR) is 91.4 cm³/mol. The molecule has 2 saturated carbocycles. The number of hydrogen-bond donors (Lipinski definition) is 2. The van der Waals surface area contributed by atoms with Crippen LogP contribution in [-0.2, 0) is 15.8 Å². The Balaban J connectivity index is 1.47. The summed E-state index contributed by atoms with van der Waals surface area (Å²) in [6, 6.07) is 3.35. The van der Waals surface area contributed by atoms with Gasteiger partial charge in [-0.05, 0) is 49.3 Å². The Morgan fingerprint density at radius 2 is 2.08 bits per heavy atom. The van der Waals surface area contributed by atoms with Crippen molar-refractivity contribution < 1.29 is 22.8 Å². The quantitative estimate of drug-likeness (QED) is 0.762. The lowest BCUT2D eigenvalue weighted by atomic mass is 9.95. The Bertz CT molecular complexity index is 806. The highest BCUT2D eigenvalue weighted by Gasteiger charge is 2.40. The number of rotatable bonds is 2. The van der Waals surface area contributed by atoms with Gasteiger partial charge in [-0.1, -0.05) is 18.2 Å². The molecule has 0 spiro atoms. The Morgan fingerprint density at radius 3 is 2.73 bits per heavy atom. The monoisotopic (exact) mass is 382 g/mol. The van der Waals surface area contributed by atoms with Crippen molar-refractivity contribution in [3.63, 3.8) is 0 Å². The number of thioether (sulfide) groups is 1. The van der Waals surface area contributed by atoms with Gasteiger partial charge in [0.2, 0.25) is 5.91 Å². The second-order valence-corrected chi connectivity index (χ2v) is 8.15. The van der Waals surface area contributed by atoms with Crippen molar-refractivity contribution in [3.05, 3.63) is 34.7 Å². The maximum atomic E-state index is 12.8. The van der Waals surface area contributed by atoms with Crippen molar-refractivity contribution in [2.45, 2.75) is 42.8 Å². The average molecular weight is 382 g/mol. The van der Waals surface area contributed by atoms with E-state index in [9.17, 15) is 22.8 Å². The first-order valence-electron chi connectivity index (χ1n) is 8.52. The summed E-state index contributed by atoms with van der Waals surface area (Å²) in [7, 11) is 0. The van der Waals surface area contributed by atoms with E-state index >= 15 is 0 Å². The van der Waals surface area contributed by atoms with Gasteiger partial charge in [0.1, 0.15) is 0 Å². The Hall–Kier alpha value is -1.96. The Labute approximate surface area is 152 Å². The van der Waals surface area contributed by atoms with E-state index in [1.807, 2.05) is 0 Å². The summed E-state index contributed by atoms with van der Waals surface area (Å²) < 4.78 is 38.3. The van der Waals surface area contributed by atoms with E-state index in [0.717, 1.165) is 43.2 Å². The van der Waals surface area contributed by atoms with Crippen LogP contribution in [0.25, 0.3) is 0 Å². The molecule has 0 unspecified atom stereocenters. The number of benzene rings is 1. The number of anilines is 1. The standard InChI is InChI=1S/C18H17F3N2O2S/c19-18(20,21)11-3-4-14-13(7-11)23-17(25)15(26-14)8-16(24)22-12-6-9-1-2-10(12)5-9/h3-4,7-10,12H,1-2,5-6H2,(H,22,24)(H,23,25)/b15-8+/t9-,10-,12-/m0/s1. The zero-order valence-corrected chi connectivity index (χ0v) is 14.5. The number of halogens is 3. The summed E-state index contributed by atoms with van der Waals surface area (Å²) in [6.45, 7) is 0. The topological polar surface area (TPSA) is 58.2 Å². The molecule has 8 heteroatoms. The molecule has 1 aromatic carbocycles. The zero-order chi connectivity index (χ0) is 18.5. The Kier molecular flexibility index (Phi) is 4.25. The number of hydrogen-bond acceptors (Lipinski definition) is 3. The van der Waals surface area contributed by atoms with Crippen LogP contribution in [0.1, 0.15) is 31.2 Å². The first-order chi connectivity index (χ1) is 12.3. The highest BCUT2D eigenvalue weighted by Crippen LogP contribution is 2.45. The third-order valence-corrected chi connectivity index (χ3v) is 6.43. The molecule has 0 saturated heterocycles. The lowest BCUT2D eigenvalue weighted by Gasteiger charge is -2.23. The molecular formula is C18H17F3N2O2S. The molecule has 2 amide bonds. The van der Waals surface area contributed by atoms with E-state index in [2.05, 4.69) is 10.6 Å². The summed E-state index contributed by atoms with van der Waals surface area (Å²) in [4.78, 5) is 25.1. The van der Waals surface area contributed by atoms with E-state index in [0.29, 0.717) is 16.7 Å². The molecular weight excluding hydrogens is 365 g/mol. The molecule has 138 valence electrons. The number of fused-ring (bicyclic) bond motifs is 3. The van der Waals surface area contributed by atoms with Gasteiger partial charge in [0, 0.05) is 17.0 Å². The van der Waals surface area contributed by atoms with Gasteiger partial charge in [-0.2, -0.15) is 13.2 Å². The summed E-state index contributed by atoms with van der Waals surface area (Å²) in [5.74, 6) is 0.331. The van der Waals surface area contributed by atoms with Crippen molar-refractivity contribution >= 4 is 29.3 Å². The third kappa shape index (κ3) is 3.34. The van der Waals surface area contributed by atoms with E-state index < -0.39 is 17.6 Å². The molecule has 3 atom stereocenters. The van der Waals surface area contributed by atoms with Crippen LogP contribution in [0.4, 0.5) is 18.9 Å². The van der Waals surface area contributed by atoms with Crippen molar-refractivity contribution in [1.82, 2.24) is 5.32 Å². The molecule has 2 bridgehead atoms. The maximum absolute atomic E-state index is 12.8. The normalized spacial score (nSPS) is 28.8. The van der Waals surface area contributed by atoms with Gasteiger partial charge >= 0.3 is 6.18 Å². The van der Waals surface area contributed by atoms with Gasteiger partial charge in [-0.25, -0.2) is 0 Å². The van der Waals surface area contributed by atoms with Crippen molar-refractivity contribution in [1.29, 1.82) is 0 Å². The highest BCUT2D eigenvalue weighted by atomic mass is 32.2. The van der Waals surface area contributed by atoms with E-state index in [1.54, 1.807) is 0 Å². The molecule has 2 aliphatic carbocycles. The van der Waals surface area contributed by atoms with E-state index in [1.165, 1.54) is 18.6 Å². The van der Waals surface area contributed by atoms with Gasteiger partial charge < -0.3 is 10.6 Å². The first kappa shape index (κ1) is 17.5. The minimum Gasteiger partial charge on any atom is -0.349 e. The predicted octanol–water partition coefficient (Wildman–Crippen LogP) is 3.94. The highest BCUT2D eigenvalue weighted by molar-refractivity contribution is 8.04. The fourth-order valence-electron chi connectivity index (χ4n) is 4.10. The molecule has 4 rings (SSSR count). The molecule has 3 aliphatic rings. The zero-order valence-electron chi connectivity index (χ0n) is 13.7. The molecule has 1 aromatic rings. The van der Waals surface area contributed by atoms with Crippen LogP contribution in [0, 0.1) is 11.8 Å². The van der Waals surface area contributed by atoms with Crippen LogP contribution in [-0.4, -0.2) is 17.9 Å². The van der Waals surface area contributed by atoms with Gasteiger partial charge in [0.15, 0.2) is 0 Å².